The highest BCUT2D eigenvalue weighted by molar-refractivity contribution is 7.88. The number of rotatable bonds is 4. The Kier molecular flexibility index (Phi) is 5.34. The van der Waals surface area contributed by atoms with Crippen molar-refractivity contribution in [2.75, 3.05) is 5.32 Å². The van der Waals surface area contributed by atoms with Crippen LogP contribution in [0.15, 0.2) is 64.7 Å². The molecule has 0 unspecified atom stereocenters. The average Bonchev–Trinajstić information content (AvgIpc) is 2.60. The number of anilines is 1. The van der Waals surface area contributed by atoms with E-state index in [4.69, 9.17) is 11.6 Å². The van der Waals surface area contributed by atoms with Crippen molar-refractivity contribution >= 4 is 39.1 Å². The van der Waals surface area contributed by atoms with E-state index >= 15 is 0 Å². The lowest BCUT2D eigenvalue weighted by Crippen LogP contribution is -2.32. The summed E-state index contributed by atoms with van der Waals surface area (Å²) < 4.78 is 29.5. The van der Waals surface area contributed by atoms with Gasteiger partial charge in [-0.1, -0.05) is 48.0 Å². The lowest BCUT2D eigenvalue weighted by atomic mass is 10.1. The SMILES string of the molecule is CC1=NS(=O)(=O)N(Cc2ccccc2)C=C1C(=O)Nc1ccc(C)cc1Cl. The molecule has 1 aliphatic rings. The zero-order valence-corrected chi connectivity index (χ0v) is 16.4. The van der Waals surface area contributed by atoms with Crippen molar-refractivity contribution < 1.29 is 13.2 Å². The standard InChI is InChI=1S/C19H18ClN3O3S/c1-13-8-9-18(17(20)10-13)21-19(24)16-12-23(27(25,26)22-14(16)2)11-15-6-4-3-5-7-15/h3-10,12H,11H2,1-2H3,(H,21,24). The Morgan fingerprint density at radius 3 is 2.52 bits per heavy atom. The highest BCUT2D eigenvalue weighted by Gasteiger charge is 2.28. The summed E-state index contributed by atoms with van der Waals surface area (Å²) in [5, 5.41) is 3.11. The molecule has 0 bridgehead atoms. The van der Waals surface area contributed by atoms with Gasteiger partial charge in [-0.2, -0.15) is 8.42 Å². The minimum Gasteiger partial charge on any atom is -0.321 e. The molecule has 6 nitrogen and oxygen atoms in total. The summed E-state index contributed by atoms with van der Waals surface area (Å²) in [7, 11) is -3.89. The molecular formula is C19H18ClN3O3S. The molecule has 0 spiro atoms. The van der Waals surface area contributed by atoms with Crippen molar-refractivity contribution in [3.05, 3.63) is 76.5 Å². The number of hydrogen-bond acceptors (Lipinski definition) is 3. The second kappa shape index (κ2) is 7.54. The van der Waals surface area contributed by atoms with E-state index in [1.165, 1.54) is 13.1 Å². The van der Waals surface area contributed by atoms with Crippen molar-refractivity contribution in [1.82, 2.24) is 4.31 Å². The lowest BCUT2D eigenvalue weighted by Gasteiger charge is -2.23. The summed E-state index contributed by atoms with van der Waals surface area (Å²) in [5.41, 5.74) is 2.49. The van der Waals surface area contributed by atoms with Crippen LogP contribution in [0.4, 0.5) is 5.69 Å². The van der Waals surface area contributed by atoms with Gasteiger partial charge in [0.1, 0.15) is 0 Å². The number of nitrogens with one attached hydrogen (secondary N) is 1. The minimum atomic E-state index is -3.89. The molecule has 8 heteroatoms. The van der Waals surface area contributed by atoms with Crippen LogP contribution in [0.3, 0.4) is 0 Å². The van der Waals surface area contributed by atoms with E-state index in [0.717, 1.165) is 15.4 Å². The van der Waals surface area contributed by atoms with E-state index in [1.54, 1.807) is 24.3 Å². The highest BCUT2D eigenvalue weighted by atomic mass is 35.5. The van der Waals surface area contributed by atoms with Gasteiger partial charge in [-0.25, -0.2) is 0 Å². The second-order valence-corrected chi connectivity index (χ2v) is 8.12. The first-order valence-electron chi connectivity index (χ1n) is 8.18. The van der Waals surface area contributed by atoms with Crippen LogP contribution in [0.25, 0.3) is 0 Å². The number of nitrogens with zero attached hydrogens (tertiary/aromatic N) is 2. The Labute approximate surface area is 163 Å². The summed E-state index contributed by atoms with van der Waals surface area (Å²) in [6, 6.07) is 14.3. The van der Waals surface area contributed by atoms with Crippen LogP contribution in [0.1, 0.15) is 18.1 Å². The van der Waals surface area contributed by atoms with E-state index in [1.807, 2.05) is 31.2 Å². The maximum atomic E-state index is 12.7. The van der Waals surface area contributed by atoms with Crippen LogP contribution in [-0.2, 0) is 21.5 Å². The third-order valence-electron chi connectivity index (χ3n) is 4.01. The summed E-state index contributed by atoms with van der Waals surface area (Å²) in [4.78, 5) is 12.7. The van der Waals surface area contributed by atoms with Gasteiger partial charge in [-0.05, 0) is 37.1 Å². The smallest absolute Gasteiger partial charge is 0.321 e. The molecule has 140 valence electrons. The van der Waals surface area contributed by atoms with Crippen molar-refractivity contribution in [1.29, 1.82) is 0 Å². The third kappa shape index (κ3) is 4.37. The number of benzene rings is 2. The predicted octanol–water partition coefficient (Wildman–Crippen LogP) is 3.69. The Balaban J connectivity index is 1.88. The van der Waals surface area contributed by atoms with E-state index in [-0.39, 0.29) is 17.8 Å². The minimum absolute atomic E-state index is 0.0853. The van der Waals surface area contributed by atoms with Crippen LogP contribution in [0.5, 0.6) is 0 Å². The fourth-order valence-electron chi connectivity index (χ4n) is 2.60. The fraction of sp³-hybridized carbons (Fsp3) is 0.158. The van der Waals surface area contributed by atoms with Gasteiger partial charge in [0, 0.05) is 6.20 Å². The monoisotopic (exact) mass is 403 g/mol. The topological polar surface area (TPSA) is 78.8 Å². The molecule has 0 fully saturated rings. The zero-order valence-electron chi connectivity index (χ0n) is 14.8. The van der Waals surface area contributed by atoms with Crippen LogP contribution in [0.2, 0.25) is 5.02 Å². The molecule has 3 rings (SSSR count). The molecule has 2 aromatic rings. The molecule has 2 aromatic carbocycles. The van der Waals surface area contributed by atoms with Gasteiger partial charge < -0.3 is 5.32 Å². The molecule has 0 aromatic heterocycles. The zero-order chi connectivity index (χ0) is 19.6. The van der Waals surface area contributed by atoms with E-state index in [0.29, 0.717) is 10.7 Å². The Bertz CT molecular complexity index is 1050. The number of amides is 1. The molecule has 0 atom stereocenters. The molecule has 1 aliphatic heterocycles. The molecule has 0 radical (unpaired) electrons. The maximum Gasteiger partial charge on any atom is 0.344 e. The fourth-order valence-corrected chi connectivity index (χ4v) is 3.99. The molecule has 1 heterocycles. The number of aryl methyl sites for hydroxylation is 1. The Morgan fingerprint density at radius 2 is 1.85 bits per heavy atom. The Hall–Kier alpha value is -2.64. The molecule has 27 heavy (non-hydrogen) atoms. The first-order valence-corrected chi connectivity index (χ1v) is 9.96. The first kappa shape index (κ1) is 19.1. The molecule has 0 saturated heterocycles. The summed E-state index contributed by atoms with van der Waals surface area (Å²) in [6.07, 6.45) is 1.31. The van der Waals surface area contributed by atoms with Gasteiger partial charge in [0.15, 0.2) is 0 Å². The number of carbonyl (C=O) groups excluding carboxylic acids is 1. The molecule has 0 saturated carbocycles. The highest BCUT2D eigenvalue weighted by Crippen LogP contribution is 2.25. The lowest BCUT2D eigenvalue weighted by molar-refractivity contribution is -0.112. The number of hydrogen-bond donors (Lipinski definition) is 1. The molecule has 1 amide bonds. The quantitative estimate of drug-likeness (QED) is 0.845. The average molecular weight is 404 g/mol. The van der Waals surface area contributed by atoms with Crippen LogP contribution in [-0.4, -0.2) is 24.3 Å². The molecule has 0 aliphatic carbocycles. The van der Waals surface area contributed by atoms with Crippen molar-refractivity contribution in [3.8, 4) is 0 Å². The van der Waals surface area contributed by atoms with Gasteiger partial charge in [0.25, 0.3) is 5.91 Å². The van der Waals surface area contributed by atoms with Crippen LogP contribution >= 0.6 is 11.6 Å². The molecule has 1 N–H and O–H groups in total. The second-order valence-electron chi connectivity index (χ2n) is 6.17. The van der Waals surface area contributed by atoms with E-state index < -0.39 is 16.1 Å². The predicted molar refractivity (Wildman–Crippen MR) is 107 cm³/mol. The van der Waals surface area contributed by atoms with Gasteiger partial charge in [0.2, 0.25) is 0 Å². The van der Waals surface area contributed by atoms with Gasteiger partial charge in [-0.15, -0.1) is 4.40 Å². The van der Waals surface area contributed by atoms with Gasteiger partial charge in [0.05, 0.1) is 28.5 Å². The van der Waals surface area contributed by atoms with Crippen molar-refractivity contribution in [3.63, 3.8) is 0 Å². The largest absolute Gasteiger partial charge is 0.344 e. The van der Waals surface area contributed by atoms with Gasteiger partial charge >= 0.3 is 10.2 Å². The van der Waals surface area contributed by atoms with Crippen molar-refractivity contribution in [2.45, 2.75) is 20.4 Å². The van der Waals surface area contributed by atoms with E-state index in [9.17, 15) is 13.2 Å². The van der Waals surface area contributed by atoms with E-state index in [2.05, 4.69) is 9.71 Å². The number of carbonyl (C=O) groups is 1. The summed E-state index contributed by atoms with van der Waals surface area (Å²) in [5.74, 6) is -0.477. The van der Waals surface area contributed by atoms with Gasteiger partial charge in [-0.3, -0.25) is 9.10 Å². The van der Waals surface area contributed by atoms with Crippen LogP contribution < -0.4 is 5.32 Å². The maximum absolute atomic E-state index is 12.7. The number of halogens is 1. The first-order chi connectivity index (χ1) is 12.8. The van der Waals surface area contributed by atoms with Crippen LogP contribution in [0, 0.1) is 6.92 Å². The summed E-state index contributed by atoms with van der Waals surface area (Å²) >= 11 is 6.16. The normalized spacial score (nSPS) is 15.7. The molecular weight excluding hydrogens is 386 g/mol. The third-order valence-corrected chi connectivity index (χ3v) is 5.65. The Morgan fingerprint density at radius 1 is 1.15 bits per heavy atom. The van der Waals surface area contributed by atoms with Crippen molar-refractivity contribution in [2.24, 2.45) is 4.40 Å². The summed E-state index contributed by atoms with van der Waals surface area (Å²) in [6.45, 7) is 3.46.